The molecule has 2 fully saturated rings. The van der Waals surface area contributed by atoms with E-state index in [1.165, 1.54) is 29.6 Å². The maximum atomic E-state index is 13.1. The molecule has 1 aromatic carbocycles. The van der Waals surface area contributed by atoms with Crippen LogP contribution in [0, 0.1) is 6.92 Å². The largest absolute Gasteiger partial charge is 0.465 e. The van der Waals surface area contributed by atoms with Crippen molar-refractivity contribution in [2.45, 2.75) is 50.6 Å². The molecule has 0 saturated carbocycles. The van der Waals surface area contributed by atoms with Gasteiger partial charge in [-0.05, 0) is 56.2 Å². The fourth-order valence-corrected chi connectivity index (χ4v) is 5.28. The highest BCUT2D eigenvalue weighted by Gasteiger charge is 2.44. The summed E-state index contributed by atoms with van der Waals surface area (Å²) in [6, 6.07) is 12.9. The van der Waals surface area contributed by atoms with Gasteiger partial charge in [0.25, 0.3) is 5.91 Å². The summed E-state index contributed by atoms with van der Waals surface area (Å²) >= 11 is 1.23. The van der Waals surface area contributed by atoms with Gasteiger partial charge >= 0.3 is 5.97 Å². The van der Waals surface area contributed by atoms with Crippen molar-refractivity contribution < 1.29 is 14.3 Å². The Hall–Kier alpha value is -2.14. The molecule has 0 radical (unpaired) electrons. The highest BCUT2D eigenvalue weighted by molar-refractivity contribution is 7.15. The predicted molar refractivity (Wildman–Crippen MR) is 102 cm³/mol. The number of rotatable bonds is 3. The smallest absolute Gasteiger partial charge is 0.348 e. The predicted octanol–water partition coefficient (Wildman–Crippen LogP) is 4.39. The number of ether oxygens (including phenoxy) is 1. The molecule has 26 heavy (non-hydrogen) atoms. The van der Waals surface area contributed by atoms with Gasteiger partial charge in [0, 0.05) is 12.1 Å². The van der Waals surface area contributed by atoms with Crippen LogP contribution in [0.1, 0.15) is 62.1 Å². The highest BCUT2D eigenvalue weighted by atomic mass is 32.1. The zero-order chi connectivity index (χ0) is 18.3. The molecule has 3 atom stereocenters. The first-order chi connectivity index (χ1) is 12.6. The number of methoxy groups -OCH3 is 1. The van der Waals surface area contributed by atoms with Crippen LogP contribution >= 0.6 is 11.3 Å². The fraction of sp³-hybridized carbons (Fsp3) is 0.429. The molecule has 1 aromatic heterocycles. The van der Waals surface area contributed by atoms with Crippen LogP contribution in [0.2, 0.25) is 0 Å². The molecule has 2 bridgehead atoms. The number of carbonyl (C=O) groups excluding carboxylic acids is 2. The van der Waals surface area contributed by atoms with Gasteiger partial charge < -0.3 is 9.64 Å². The summed E-state index contributed by atoms with van der Waals surface area (Å²) < 4.78 is 4.75. The number of fused-ring (bicyclic) bond motifs is 2. The van der Waals surface area contributed by atoms with Crippen LogP contribution in [-0.4, -0.2) is 36.0 Å². The Morgan fingerprint density at radius 1 is 1.00 bits per heavy atom. The van der Waals surface area contributed by atoms with Crippen molar-refractivity contribution in [3.05, 3.63) is 57.3 Å². The summed E-state index contributed by atoms with van der Waals surface area (Å²) in [5.74, 6) is 0.223. The van der Waals surface area contributed by atoms with Crippen molar-refractivity contribution in [1.29, 1.82) is 0 Å². The Kier molecular flexibility index (Phi) is 4.57. The maximum absolute atomic E-state index is 13.1. The lowest BCUT2D eigenvalue weighted by Gasteiger charge is -2.39. The van der Waals surface area contributed by atoms with Crippen molar-refractivity contribution in [2.24, 2.45) is 0 Å². The molecule has 4 nitrogen and oxygen atoms in total. The second-order valence-corrected chi connectivity index (χ2v) is 8.42. The molecule has 2 aliphatic rings. The average Bonchev–Trinajstić information content (AvgIpc) is 3.24. The van der Waals surface area contributed by atoms with Gasteiger partial charge in [0.1, 0.15) is 4.88 Å². The van der Waals surface area contributed by atoms with Crippen molar-refractivity contribution in [3.63, 3.8) is 0 Å². The number of hydrogen-bond acceptors (Lipinski definition) is 4. The number of carbonyl (C=O) groups is 2. The molecule has 0 aliphatic carbocycles. The average molecular weight is 369 g/mol. The molecule has 0 spiro atoms. The first-order valence-electron chi connectivity index (χ1n) is 9.14. The number of thiophene rings is 1. The summed E-state index contributed by atoms with van der Waals surface area (Å²) in [4.78, 5) is 27.9. The van der Waals surface area contributed by atoms with E-state index in [2.05, 4.69) is 36.1 Å². The first kappa shape index (κ1) is 17.3. The van der Waals surface area contributed by atoms with Crippen LogP contribution in [-0.2, 0) is 4.74 Å². The van der Waals surface area contributed by atoms with Gasteiger partial charge in [-0.15, -0.1) is 11.3 Å². The molecule has 2 aliphatic heterocycles. The number of aryl methyl sites for hydroxylation is 1. The quantitative estimate of drug-likeness (QED) is 0.754. The molecule has 1 amide bonds. The van der Waals surface area contributed by atoms with E-state index in [0.29, 0.717) is 27.8 Å². The molecule has 136 valence electrons. The van der Waals surface area contributed by atoms with Crippen LogP contribution in [0.3, 0.4) is 0 Å². The lowest BCUT2D eigenvalue weighted by molar-refractivity contribution is 0.0575. The van der Waals surface area contributed by atoms with E-state index in [4.69, 9.17) is 4.74 Å². The summed E-state index contributed by atoms with van der Waals surface area (Å²) in [5, 5.41) is 0. The van der Waals surface area contributed by atoms with Crippen LogP contribution in [0.25, 0.3) is 0 Å². The topological polar surface area (TPSA) is 46.6 Å². The minimum Gasteiger partial charge on any atom is -0.465 e. The van der Waals surface area contributed by atoms with Gasteiger partial charge in [-0.3, -0.25) is 4.79 Å². The molecule has 2 aromatic rings. The normalized spacial score (nSPS) is 24.5. The molecule has 0 N–H and O–H groups in total. The van der Waals surface area contributed by atoms with Gasteiger partial charge in [0.15, 0.2) is 0 Å². The molecular formula is C21H23NO3S. The summed E-state index contributed by atoms with van der Waals surface area (Å²) in [6.07, 6.45) is 4.21. The third-order valence-electron chi connectivity index (χ3n) is 5.72. The van der Waals surface area contributed by atoms with Gasteiger partial charge in [-0.1, -0.05) is 29.8 Å². The summed E-state index contributed by atoms with van der Waals surface area (Å²) in [7, 11) is 1.36. The molecular weight excluding hydrogens is 346 g/mol. The monoisotopic (exact) mass is 369 g/mol. The molecule has 3 heterocycles. The number of piperidine rings is 1. The Labute approximate surface area is 157 Å². The third-order valence-corrected chi connectivity index (χ3v) is 6.77. The lowest BCUT2D eigenvalue weighted by Crippen LogP contribution is -2.45. The molecule has 4 rings (SSSR count). The number of hydrogen-bond donors (Lipinski definition) is 0. The number of esters is 1. The Morgan fingerprint density at radius 3 is 2.23 bits per heavy atom. The van der Waals surface area contributed by atoms with E-state index < -0.39 is 0 Å². The van der Waals surface area contributed by atoms with Gasteiger partial charge in [0.2, 0.25) is 0 Å². The number of nitrogens with zero attached hydrogens (tertiary/aromatic N) is 1. The van der Waals surface area contributed by atoms with E-state index in [0.717, 1.165) is 25.7 Å². The fourth-order valence-electron chi connectivity index (χ4n) is 4.41. The van der Waals surface area contributed by atoms with Gasteiger partial charge in [-0.25, -0.2) is 4.79 Å². The van der Waals surface area contributed by atoms with Crippen molar-refractivity contribution in [2.75, 3.05) is 7.11 Å². The van der Waals surface area contributed by atoms with Crippen LogP contribution in [0.15, 0.2) is 36.4 Å². The third kappa shape index (κ3) is 3.05. The Morgan fingerprint density at radius 2 is 1.62 bits per heavy atom. The van der Waals surface area contributed by atoms with Crippen LogP contribution in [0.4, 0.5) is 0 Å². The highest BCUT2D eigenvalue weighted by Crippen LogP contribution is 2.44. The minimum atomic E-state index is -0.380. The second kappa shape index (κ2) is 6.88. The second-order valence-electron chi connectivity index (χ2n) is 7.33. The summed E-state index contributed by atoms with van der Waals surface area (Å²) in [5.41, 5.74) is 2.67. The van der Waals surface area contributed by atoms with E-state index in [1.807, 2.05) is 0 Å². The molecule has 2 saturated heterocycles. The number of amides is 1. The Bertz CT molecular complexity index is 812. The van der Waals surface area contributed by atoms with Crippen molar-refractivity contribution in [3.8, 4) is 0 Å². The van der Waals surface area contributed by atoms with Crippen LogP contribution < -0.4 is 0 Å². The van der Waals surface area contributed by atoms with E-state index in [-0.39, 0.29) is 11.9 Å². The van der Waals surface area contributed by atoms with Crippen molar-refractivity contribution >= 4 is 23.2 Å². The molecule has 5 heteroatoms. The van der Waals surface area contributed by atoms with Gasteiger partial charge in [-0.2, -0.15) is 0 Å². The zero-order valence-corrected chi connectivity index (χ0v) is 15.9. The standard InChI is InChI=1S/C21H23NO3S/c1-13-3-5-14(6-4-13)15-11-16-7-8-17(12-15)22(16)20(23)18-9-10-19(26-18)21(24)25-2/h3-6,9-10,15-17H,7-8,11-12H2,1-2H3/t15?,16-,17+. The maximum Gasteiger partial charge on any atom is 0.348 e. The SMILES string of the molecule is COC(=O)c1ccc(C(=O)N2[C@@H]3CC[C@H]2CC(c2ccc(C)cc2)C3)s1. The minimum absolute atomic E-state index is 0.0695. The van der Waals surface area contributed by atoms with Gasteiger partial charge in [0.05, 0.1) is 12.0 Å². The Balaban J connectivity index is 1.51. The summed E-state index contributed by atoms with van der Waals surface area (Å²) in [6.45, 7) is 2.11. The van der Waals surface area contributed by atoms with Crippen molar-refractivity contribution in [1.82, 2.24) is 4.90 Å². The van der Waals surface area contributed by atoms with Crippen LogP contribution in [0.5, 0.6) is 0 Å². The van der Waals surface area contributed by atoms with E-state index >= 15 is 0 Å². The van der Waals surface area contributed by atoms with E-state index in [9.17, 15) is 9.59 Å². The lowest BCUT2D eigenvalue weighted by atomic mass is 9.84. The molecule has 1 unspecified atom stereocenters. The zero-order valence-electron chi connectivity index (χ0n) is 15.1. The van der Waals surface area contributed by atoms with E-state index in [1.54, 1.807) is 12.1 Å². The first-order valence-corrected chi connectivity index (χ1v) is 9.96. The number of benzene rings is 1.